The highest BCUT2D eigenvalue weighted by Gasteiger charge is 2.45. The molecule has 27 heavy (non-hydrogen) atoms. The molecule has 0 fully saturated rings. The van der Waals surface area contributed by atoms with Crippen LogP contribution in [0.25, 0.3) is 0 Å². The van der Waals surface area contributed by atoms with Crippen LogP contribution in [0.5, 0.6) is 0 Å². The first-order valence-corrected chi connectivity index (χ1v) is 11.2. The van der Waals surface area contributed by atoms with E-state index in [4.69, 9.17) is 22.8 Å². The van der Waals surface area contributed by atoms with Crippen LogP contribution in [0.15, 0.2) is 0 Å². The average molecular weight is 408 g/mol. The molecule has 0 aliphatic rings. The number of nitrogens with zero attached hydrogens (tertiary/aromatic N) is 1. The number of esters is 2. The molecule has 0 aliphatic heterocycles. The highest BCUT2D eigenvalue weighted by Crippen LogP contribution is 2.31. The van der Waals surface area contributed by atoms with Gasteiger partial charge in [0.1, 0.15) is 0 Å². The van der Waals surface area contributed by atoms with E-state index in [0.29, 0.717) is 25.7 Å². The summed E-state index contributed by atoms with van der Waals surface area (Å²) in [6.45, 7) is 4.43. The average Bonchev–Trinajstić information content (AvgIpc) is 2.70. The molecule has 0 heterocycles. The van der Waals surface area contributed by atoms with E-state index in [9.17, 15) is 9.59 Å². The maximum Gasteiger partial charge on any atom is 0.503 e. The largest absolute Gasteiger partial charge is 0.503 e. The van der Waals surface area contributed by atoms with Crippen molar-refractivity contribution in [3.8, 4) is 0 Å². The number of methoxy groups -OCH3 is 2. The maximum atomic E-state index is 11.3. The van der Waals surface area contributed by atoms with Gasteiger partial charge in [0.2, 0.25) is 0 Å². The smallest absolute Gasteiger partial charge is 0.469 e. The standard InChI is InChI=1S/C18H37NO7Si/c1-7-16(27(24-4,25-5)26-6)12-15-19(13-8-10-17(20)22-2)14-9-11-18(21)23-3/h16H,7-15H2,1-6H3. The van der Waals surface area contributed by atoms with Crippen LogP contribution in [0, 0.1) is 0 Å². The Labute approximate surface area is 164 Å². The number of hydrogen-bond acceptors (Lipinski definition) is 8. The van der Waals surface area contributed by atoms with Crippen LogP contribution in [0.4, 0.5) is 0 Å². The molecular formula is C18H37NO7Si. The predicted octanol–water partition coefficient (Wildman–Crippen LogP) is 2.24. The molecule has 0 rings (SSSR count). The van der Waals surface area contributed by atoms with Crippen molar-refractivity contribution in [3.05, 3.63) is 0 Å². The van der Waals surface area contributed by atoms with Crippen molar-refractivity contribution in [1.29, 1.82) is 0 Å². The summed E-state index contributed by atoms with van der Waals surface area (Å²) in [4.78, 5) is 25.0. The SMILES string of the molecule is CCC(CCN(CCCC(=O)OC)CCCC(=O)OC)[Si](OC)(OC)OC. The molecule has 160 valence electrons. The second kappa shape index (κ2) is 15.0. The Hall–Kier alpha value is -1.00. The zero-order valence-electron chi connectivity index (χ0n) is 17.7. The van der Waals surface area contributed by atoms with E-state index < -0.39 is 8.80 Å². The Bertz CT molecular complexity index is 388. The lowest BCUT2D eigenvalue weighted by atomic mass is 10.2. The topological polar surface area (TPSA) is 83.5 Å². The first-order chi connectivity index (χ1) is 12.9. The number of carbonyl (C=O) groups is 2. The Morgan fingerprint density at radius 1 is 0.815 bits per heavy atom. The van der Waals surface area contributed by atoms with Gasteiger partial charge in [-0.05, 0) is 45.3 Å². The van der Waals surface area contributed by atoms with Crippen LogP contribution in [-0.2, 0) is 32.3 Å². The Morgan fingerprint density at radius 3 is 1.59 bits per heavy atom. The first kappa shape index (κ1) is 26.0. The lowest BCUT2D eigenvalue weighted by molar-refractivity contribution is -0.141. The third kappa shape index (κ3) is 9.66. The van der Waals surface area contributed by atoms with Crippen LogP contribution in [0.1, 0.15) is 45.4 Å². The van der Waals surface area contributed by atoms with Gasteiger partial charge < -0.3 is 27.7 Å². The van der Waals surface area contributed by atoms with E-state index >= 15 is 0 Å². The summed E-state index contributed by atoms with van der Waals surface area (Å²) in [6.07, 6.45) is 3.93. The van der Waals surface area contributed by atoms with Gasteiger partial charge in [0.05, 0.1) is 14.2 Å². The van der Waals surface area contributed by atoms with Crippen molar-refractivity contribution in [2.45, 2.75) is 51.0 Å². The Kier molecular flexibility index (Phi) is 14.4. The summed E-state index contributed by atoms with van der Waals surface area (Å²) >= 11 is 0. The molecule has 0 radical (unpaired) electrons. The molecule has 0 aromatic heterocycles. The number of hydrogen-bond donors (Lipinski definition) is 0. The molecule has 0 amide bonds. The molecule has 0 aromatic rings. The highest BCUT2D eigenvalue weighted by molar-refractivity contribution is 6.62. The van der Waals surface area contributed by atoms with Crippen molar-refractivity contribution in [1.82, 2.24) is 4.90 Å². The van der Waals surface area contributed by atoms with Gasteiger partial charge >= 0.3 is 20.7 Å². The zero-order valence-corrected chi connectivity index (χ0v) is 18.7. The van der Waals surface area contributed by atoms with Gasteiger partial charge in [-0.3, -0.25) is 9.59 Å². The number of rotatable bonds is 16. The second-order valence-corrected chi connectivity index (χ2v) is 9.56. The van der Waals surface area contributed by atoms with E-state index in [2.05, 4.69) is 11.8 Å². The summed E-state index contributed by atoms with van der Waals surface area (Å²) < 4.78 is 26.3. The molecule has 8 nitrogen and oxygen atoms in total. The summed E-state index contributed by atoms with van der Waals surface area (Å²) in [5, 5.41) is 0. The Morgan fingerprint density at radius 2 is 1.26 bits per heavy atom. The second-order valence-electron chi connectivity index (χ2n) is 6.31. The van der Waals surface area contributed by atoms with Crippen LogP contribution in [0.2, 0.25) is 5.54 Å². The summed E-state index contributed by atoms with van der Waals surface area (Å²) in [6, 6.07) is 0. The molecule has 0 aliphatic carbocycles. The van der Waals surface area contributed by atoms with Crippen molar-refractivity contribution in [2.24, 2.45) is 0 Å². The fraction of sp³-hybridized carbons (Fsp3) is 0.889. The van der Waals surface area contributed by atoms with Crippen molar-refractivity contribution in [2.75, 3.05) is 55.2 Å². The molecule has 0 saturated heterocycles. The zero-order chi connectivity index (χ0) is 20.7. The van der Waals surface area contributed by atoms with Gasteiger partial charge in [-0.1, -0.05) is 6.92 Å². The van der Waals surface area contributed by atoms with E-state index in [0.717, 1.165) is 32.5 Å². The lowest BCUT2D eigenvalue weighted by Crippen LogP contribution is -2.48. The van der Waals surface area contributed by atoms with Gasteiger partial charge in [0, 0.05) is 39.7 Å². The molecule has 0 N–H and O–H groups in total. The maximum absolute atomic E-state index is 11.3. The molecule has 0 bridgehead atoms. The van der Waals surface area contributed by atoms with Gasteiger partial charge in [0.25, 0.3) is 0 Å². The third-order valence-corrected chi connectivity index (χ3v) is 8.21. The molecule has 0 saturated carbocycles. The minimum Gasteiger partial charge on any atom is -0.469 e. The molecular weight excluding hydrogens is 370 g/mol. The molecule has 0 aromatic carbocycles. The number of ether oxygens (including phenoxy) is 2. The van der Waals surface area contributed by atoms with Crippen LogP contribution in [0.3, 0.4) is 0 Å². The van der Waals surface area contributed by atoms with Crippen molar-refractivity contribution < 1.29 is 32.3 Å². The van der Waals surface area contributed by atoms with E-state index in [-0.39, 0.29) is 17.5 Å². The van der Waals surface area contributed by atoms with E-state index in [1.54, 1.807) is 21.3 Å². The summed E-state index contributed by atoms with van der Waals surface area (Å²) in [5.74, 6) is -0.416. The third-order valence-electron chi connectivity index (χ3n) is 4.81. The first-order valence-electron chi connectivity index (χ1n) is 9.44. The van der Waals surface area contributed by atoms with Crippen molar-refractivity contribution >= 4 is 20.7 Å². The minimum absolute atomic E-state index is 0.182. The van der Waals surface area contributed by atoms with Gasteiger partial charge in [-0.2, -0.15) is 0 Å². The van der Waals surface area contributed by atoms with Crippen LogP contribution < -0.4 is 0 Å². The molecule has 1 atom stereocenters. The normalized spacial score (nSPS) is 12.9. The van der Waals surface area contributed by atoms with Gasteiger partial charge in [-0.25, -0.2) is 0 Å². The van der Waals surface area contributed by atoms with Gasteiger partial charge in [0.15, 0.2) is 0 Å². The van der Waals surface area contributed by atoms with Crippen LogP contribution in [-0.4, -0.2) is 80.8 Å². The highest BCUT2D eigenvalue weighted by atomic mass is 28.4. The van der Waals surface area contributed by atoms with E-state index in [1.807, 2.05) is 0 Å². The lowest BCUT2D eigenvalue weighted by Gasteiger charge is -2.33. The predicted molar refractivity (Wildman–Crippen MR) is 104 cm³/mol. The Balaban J connectivity index is 4.77. The number of carbonyl (C=O) groups excluding carboxylic acids is 2. The molecule has 1 unspecified atom stereocenters. The fourth-order valence-electron chi connectivity index (χ4n) is 3.15. The summed E-state index contributed by atoms with van der Waals surface area (Å²) in [7, 11) is 4.99. The van der Waals surface area contributed by atoms with E-state index in [1.165, 1.54) is 14.2 Å². The molecule has 0 spiro atoms. The minimum atomic E-state index is -2.70. The monoisotopic (exact) mass is 407 g/mol. The van der Waals surface area contributed by atoms with Crippen molar-refractivity contribution in [3.63, 3.8) is 0 Å². The molecule has 9 heteroatoms. The van der Waals surface area contributed by atoms with Gasteiger partial charge in [-0.15, -0.1) is 0 Å². The quantitative estimate of drug-likeness (QED) is 0.285. The fourth-order valence-corrected chi connectivity index (χ4v) is 5.64. The summed E-state index contributed by atoms with van der Waals surface area (Å²) in [5.41, 5.74) is 0.182. The van der Waals surface area contributed by atoms with Crippen LogP contribution >= 0.6 is 0 Å².